The standard InChI is InChI=1S/C24H22ClNO4/c1-28-19-9-6-16(7-10-19)12-18(26-24(27)20-4-2-3-5-21(20)25)13-17-8-11-22-23(14-17)30-15-29-22/h2-11,14,18H,12-13,15H2,1H3,(H,26,27)/t18-/m0/s1. The first-order chi connectivity index (χ1) is 14.6. The maximum absolute atomic E-state index is 12.9. The van der Waals surface area contributed by atoms with Gasteiger partial charge in [-0.15, -0.1) is 0 Å². The van der Waals surface area contributed by atoms with E-state index in [1.54, 1.807) is 31.4 Å². The Balaban J connectivity index is 1.55. The van der Waals surface area contributed by atoms with Crippen molar-refractivity contribution in [1.82, 2.24) is 5.32 Å². The Labute approximate surface area is 180 Å². The number of fused-ring (bicyclic) bond motifs is 1. The molecule has 5 nitrogen and oxygen atoms in total. The van der Waals surface area contributed by atoms with Crippen LogP contribution in [0.5, 0.6) is 17.2 Å². The van der Waals surface area contributed by atoms with Gasteiger partial charge in [-0.25, -0.2) is 0 Å². The lowest BCUT2D eigenvalue weighted by Gasteiger charge is -2.20. The highest BCUT2D eigenvalue weighted by molar-refractivity contribution is 6.33. The minimum absolute atomic E-state index is 0.137. The summed E-state index contributed by atoms with van der Waals surface area (Å²) in [4.78, 5) is 12.9. The second-order valence-corrected chi connectivity index (χ2v) is 7.50. The van der Waals surface area contributed by atoms with Crippen LogP contribution in [-0.4, -0.2) is 25.9 Å². The van der Waals surface area contributed by atoms with Gasteiger partial charge < -0.3 is 19.5 Å². The van der Waals surface area contributed by atoms with Crippen LogP contribution >= 0.6 is 11.6 Å². The van der Waals surface area contributed by atoms with Crippen molar-refractivity contribution in [2.24, 2.45) is 0 Å². The number of amides is 1. The second-order valence-electron chi connectivity index (χ2n) is 7.09. The van der Waals surface area contributed by atoms with Gasteiger partial charge in [0.05, 0.1) is 17.7 Å². The number of carbonyl (C=O) groups is 1. The van der Waals surface area contributed by atoms with Gasteiger partial charge in [0.2, 0.25) is 6.79 Å². The van der Waals surface area contributed by atoms with E-state index in [4.69, 9.17) is 25.8 Å². The van der Waals surface area contributed by atoms with E-state index in [0.717, 1.165) is 28.4 Å². The predicted molar refractivity (Wildman–Crippen MR) is 116 cm³/mol. The van der Waals surface area contributed by atoms with Crippen LogP contribution in [0.3, 0.4) is 0 Å². The Kier molecular flexibility index (Phi) is 6.10. The zero-order valence-corrected chi connectivity index (χ0v) is 17.3. The van der Waals surface area contributed by atoms with Crippen molar-refractivity contribution in [3.8, 4) is 17.2 Å². The van der Waals surface area contributed by atoms with Crippen molar-refractivity contribution >= 4 is 17.5 Å². The molecule has 1 aliphatic heterocycles. The molecule has 0 bridgehead atoms. The number of halogens is 1. The molecule has 0 aliphatic carbocycles. The Bertz CT molecular complexity index is 1040. The normalized spacial score (nSPS) is 13.0. The van der Waals surface area contributed by atoms with Crippen LogP contribution in [0.25, 0.3) is 0 Å². The number of rotatable bonds is 7. The molecule has 6 heteroatoms. The third-order valence-corrected chi connectivity index (χ3v) is 5.34. The fourth-order valence-electron chi connectivity index (χ4n) is 3.48. The zero-order chi connectivity index (χ0) is 20.9. The van der Waals surface area contributed by atoms with Gasteiger partial charge in [0.1, 0.15) is 5.75 Å². The SMILES string of the molecule is COc1ccc(C[C@@H](Cc2ccc3c(c2)OCO3)NC(=O)c2ccccc2Cl)cc1. The molecule has 0 saturated carbocycles. The van der Waals surface area contributed by atoms with E-state index < -0.39 is 0 Å². The highest BCUT2D eigenvalue weighted by Crippen LogP contribution is 2.33. The van der Waals surface area contributed by atoms with Gasteiger partial charge in [-0.2, -0.15) is 0 Å². The molecule has 3 aromatic carbocycles. The van der Waals surface area contributed by atoms with E-state index in [0.29, 0.717) is 23.4 Å². The van der Waals surface area contributed by atoms with E-state index in [1.165, 1.54) is 0 Å². The molecule has 0 unspecified atom stereocenters. The zero-order valence-electron chi connectivity index (χ0n) is 16.6. The number of methoxy groups -OCH3 is 1. The Morgan fingerprint density at radius 3 is 2.47 bits per heavy atom. The van der Waals surface area contributed by atoms with E-state index in [-0.39, 0.29) is 18.7 Å². The molecule has 1 heterocycles. The highest BCUT2D eigenvalue weighted by Gasteiger charge is 2.19. The van der Waals surface area contributed by atoms with Gasteiger partial charge in [-0.3, -0.25) is 4.79 Å². The van der Waals surface area contributed by atoms with E-state index in [1.807, 2.05) is 42.5 Å². The smallest absolute Gasteiger partial charge is 0.253 e. The number of ether oxygens (including phenoxy) is 3. The maximum atomic E-state index is 12.9. The number of benzene rings is 3. The minimum Gasteiger partial charge on any atom is -0.497 e. The molecule has 1 amide bonds. The largest absolute Gasteiger partial charge is 0.497 e. The van der Waals surface area contributed by atoms with E-state index in [2.05, 4.69) is 5.32 Å². The lowest BCUT2D eigenvalue weighted by molar-refractivity contribution is 0.0937. The van der Waals surface area contributed by atoms with Crippen molar-refractivity contribution in [2.75, 3.05) is 13.9 Å². The molecule has 0 fully saturated rings. The van der Waals surface area contributed by atoms with Gasteiger partial charge in [0.25, 0.3) is 5.91 Å². The minimum atomic E-state index is -0.195. The number of nitrogens with one attached hydrogen (secondary N) is 1. The summed E-state index contributed by atoms with van der Waals surface area (Å²) in [5.74, 6) is 2.07. The van der Waals surface area contributed by atoms with Gasteiger partial charge >= 0.3 is 0 Å². The average Bonchev–Trinajstić information content (AvgIpc) is 3.22. The van der Waals surface area contributed by atoms with Crippen molar-refractivity contribution in [3.05, 3.63) is 88.4 Å². The molecule has 0 saturated heterocycles. The van der Waals surface area contributed by atoms with Crippen molar-refractivity contribution < 1.29 is 19.0 Å². The van der Waals surface area contributed by atoms with Crippen LogP contribution in [0, 0.1) is 0 Å². The van der Waals surface area contributed by atoms with E-state index in [9.17, 15) is 4.79 Å². The van der Waals surface area contributed by atoms with Crippen molar-refractivity contribution in [2.45, 2.75) is 18.9 Å². The molecule has 154 valence electrons. The van der Waals surface area contributed by atoms with Crippen LogP contribution in [0.4, 0.5) is 0 Å². The van der Waals surface area contributed by atoms with Crippen LogP contribution in [0.15, 0.2) is 66.7 Å². The Morgan fingerprint density at radius 1 is 1.00 bits per heavy atom. The Hall–Kier alpha value is -3.18. The highest BCUT2D eigenvalue weighted by atomic mass is 35.5. The van der Waals surface area contributed by atoms with Gasteiger partial charge in [0, 0.05) is 6.04 Å². The fourth-order valence-corrected chi connectivity index (χ4v) is 3.70. The molecule has 0 spiro atoms. The summed E-state index contributed by atoms with van der Waals surface area (Å²) in [6.45, 7) is 0.233. The van der Waals surface area contributed by atoms with Gasteiger partial charge in [-0.05, 0) is 60.4 Å². The summed E-state index contributed by atoms with van der Waals surface area (Å²) in [7, 11) is 1.64. The molecule has 3 aromatic rings. The summed E-state index contributed by atoms with van der Waals surface area (Å²) in [5, 5.41) is 3.57. The molecule has 1 aliphatic rings. The summed E-state index contributed by atoms with van der Waals surface area (Å²) < 4.78 is 16.1. The van der Waals surface area contributed by atoms with Crippen LogP contribution in [-0.2, 0) is 12.8 Å². The third kappa shape index (κ3) is 4.69. The monoisotopic (exact) mass is 423 g/mol. The molecular formula is C24H22ClNO4. The molecular weight excluding hydrogens is 402 g/mol. The lowest BCUT2D eigenvalue weighted by Crippen LogP contribution is -2.38. The van der Waals surface area contributed by atoms with Crippen LogP contribution < -0.4 is 19.5 Å². The predicted octanol–water partition coefficient (Wildman–Crippen LogP) is 4.66. The second kappa shape index (κ2) is 9.09. The molecule has 0 aromatic heterocycles. The molecule has 1 N–H and O–H groups in total. The molecule has 0 radical (unpaired) electrons. The van der Waals surface area contributed by atoms with Crippen LogP contribution in [0.2, 0.25) is 5.02 Å². The van der Waals surface area contributed by atoms with Gasteiger partial charge in [-0.1, -0.05) is 41.9 Å². The quantitative estimate of drug-likeness (QED) is 0.600. The van der Waals surface area contributed by atoms with Crippen LogP contribution in [0.1, 0.15) is 21.5 Å². The summed E-state index contributed by atoms with van der Waals surface area (Å²) in [6, 6.07) is 20.6. The first kappa shape index (κ1) is 20.1. The summed E-state index contributed by atoms with van der Waals surface area (Å²) >= 11 is 6.22. The third-order valence-electron chi connectivity index (χ3n) is 5.01. The average molecular weight is 424 g/mol. The number of hydrogen-bond donors (Lipinski definition) is 1. The lowest BCUT2D eigenvalue weighted by atomic mass is 9.98. The number of carbonyl (C=O) groups excluding carboxylic acids is 1. The number of hydrogen-bond acceptors (Lipinski definition) is 4. The first-order valence-electron chi connectivity index (χ1n) is 9.69. The summed E-state index contributed by atoms with van der Waals surface area (Å²) in [5.41, 5.74) is 2.61. The fraction of sp³-hybridized carbons (Fsp3) is 0.208. The van der Waals surface area contributed by atoms with Gasteiger partial charge in [0.15, 0.2) is 11.5 Å². The maximum Gasteiger partial charge on any atom is 0.253 e. The van der Waals surface area contributed by atoms with E-state index >= 15 is 0 Å². The van der Waals surface area contributed by atoms with Crippen molar-refractivity contribution in [3.63, 3.8) is 0 Å². The summed E-state index contributed by atoms with van der Waals surface area (Å²) in [6.07, 6.45) is 1.30. The first-order valence-corrected chi connectivity index (χ1v) is 10.1. The topological polar surface area (TPSA) is 56.8 Å². The van der Waals surface area contributed by atoms with Crippen molar-refractivity contribution in [1.29, 1.82) is 0 Å². The molecule has 30 heavy (non-hydrogen) atoms. The molecule has 1 atom stereocenters. The molecule has 4 rings (SSSR count). The Morgan fingerprint density at radius 2 is 1.70 bits per heavy atom.